The Kier molecular flexibility index (Phi) is 4.51. The predicted octanol–water partition coefficient (Wildman–Crippen LogP) is 2.42. The van der Waals surface area contributed by atoms with Crippen molar-refractivity contribution < 1.29 is 9.59 Å². The first-order valence-corrected chi connectivity index (χ1v) is 7.57. The van der Waals surface area contributed by atoms with Crippen molar-refractivity contribution in [2.24, 2.45) is 0 Å². The fourth-order valence-electron chi connectivity index (χ4n) is 2.39. The van der Waals surface area contributed by atoms with Crippen LogP contribution >= 0.6 is 0 Å². The van der Waals surface area contributed by atoms with E-state index >= 15 is 0 Å². The maximum absolute atomic E-state index is 12.1. The fraction of sp³-hybridized carbons (Fsp3) is 0.176. The van der Waals surface area contributed by atoms with Crippen LogP contribution in [0.4, 0.5) is 11.4 Å². The van der Waals surface area contributed by atoms with E-state index in [4.69, 9.17) is 0 Å². The van der Waals surface area contributed by atoms with Crippen molar-refractivity contribution in [2.75, 3.05) is 10.6 Å². The van der Waals surface area contributed by atoms with E-state index in [1.807, 2.05) is 24.3 Å². The van der Waals surface area contributed by atoms with Crippen molar-refractivity contribution >= 4 is 34.2 Å². The van der Waals surface area contributed by atoms with Gasteiger partial charge in [0.15, 0.2) is 0 Å². The third-order valence-electron chi connectivity index (χ3n) is 3.44. The summed E-state index contributed by atoms with van der Waals surface area (Å²) in [6.45, 7) is 1.88. The molecule has 0 saturated carbocycles. The SMILES string of the molecule is CC(=O)Nc1cccc(NC(=O)CCn2nnc3ccccc32)c1. The predicted molar refractivity (Wildman–Crippen MR) is 91.5 cm³/mol. The van der Waals surface area contributed by atoms with Crippen LogP contribution in [-0.2, 0) is 16.1 Å². The van der Waals surface area contributed by atoms with Gasteiger partial charge in [0.1, 0.15) is 5.52 Å². The number of aromatic nitrogens is 3. The first kappa shape index (κ1) is 15.7. The Morgan fingerprint density at radius 3 is 2.58 bits per heavy atom. The minimum absolute atomic E-state index is 0.130. The molecule has 7 heteroatoms. The molecule has 24 heavy (non-hydrogen) atoms. The molecule has 0 unspecified atom stereocenters. The number of carbonyl (C=O) groups excluding carboxylic acids is 2. The zero-order valence-electron chi connectivity index (χ0n) is 13.2. The molecule has 0 saturated heterocycles. The molecule has 1 aromatic heterocycles. The van der Waals surface area contributed by atoms with E-state index in [0.717, 1.165) is 11.0 Å². The second-order valence-corrected chi connectivity index (χ2v) is 5.36. The lowest BCUT2D eigenvalue weighted by molar-refractivity contribution is -0.116. The Morgan fingerprint density at radius 1 is 1.04 bits per heavy atom. The molecule has 3 aromatic rings. The number of rotatable bonds is 5. The van der Waals surface area contributed by atoms with Crippen LogP contribution in [0.1, 0.15) is 13.3 Å². The summed E-state index contributed by atoms with van der Waals surface area (Å²) in [5.74, 6) is -0.286. The number of nitrogens with one attached hydrogen (secondary N) is 2. The Bertz CT molecular complexity index is 887. The van der Waals surface area contributed by atoms with Crippen molar-refractivity contribution in [3.8, 4) is 0 Å². The van der Waals surface area contributed by atoms with E-state index in [9.17, 15) is 9.59 Å². The van der Waals surface area contributed by atoms with Gasteiger partial charge in [0, 0.05) is 24.7 Å². The minimum atomic E-state index is -0.156. The molecular weight excluding hydrogens is 306 g/mol. The number of anilines is 2. The summed E-state index contributed by atoms with van der Waals surface area (Å²) in [6.07, 6.45) is 0.276. The topological polar surface area (TPSA) is 88.9 Å². The summed E-state index contributed by atoms with van der Waals surface area (Å²) in [5.41, 5.74) is 2.98. The number of carbonyl (C=O) groups is 2. The van der Waals surface area contributed by atoms with Crippen molar-refractivity contribution in [3.05, 3.63) is 48.5 Å². The van der Waals surface area contributed by atoms with E-state index in [1.54, 1.807) is 28.9 Å². The summed E-state index contributed by atoms with van der Waals surface area (Å²) >= 11 is 0. The smallest absolute Gasteiger partial charge is 0.226 e. The molecule has 0 atom stereocenters. The third kappa shape index (κ3) is 3.75. The van der Waals surface area contributed by atoms with Gasteiger partial charge in [-0.15, -0.1) is 5.10 Å². The zero-order valence-corrected chi connectivity index (χ0v) is 13.2. The van der Waals surface area contributed by atoms with Gasteiger partial charge in [0.2, 0.25) is 11.8 Å². The maximum atomic E-state index is 12.1. The van der Waals surface area contributed by atoms with Gasteiger partial charge >= 0.3 is 0 Å². The van der Waals surface area contributed by atoms with Crippen LogP contribution < -0.4 is 10.6 Å². The molecule has 3 rings (SSSR count). The van der Waals surface area contributed by atoms with Crippen LogP contribution in [0, 0.1) is 0 Å². The van der Waals surface area contributed by atoms with E-state index in [1.165, 1.54) is 6.92 Å². The molecular formula is C17H17N5O2. The van der Waals surface area contributed by atoms with Gasteiger partial charge in [0.05, 0.1) is 12.1 Å². The Labute approximate surface area is 138 Å². The van der Waals surface area contributed by atoms with E-state index in [0.29, 0.717) is 17.9 Å². The minimum Gasteiger partial charge on any atom is -0.326 e. The lowest BCUT2D eigenvalue weighted by atomic mass is 10.2. The molecule has 2 N–H and O–H groups in total. The monoisotopic (exact) mass is 323 g/mol. The van der Waals surface area contributed by atoms with Crippen molar-refractivity contribution in [3.63, 3.8) is 0 Å². The second-order valence-electron chi connectivity index (χ2n) is 5.36. The maximum Gasteiger partial charge on any atom is 0.226 e. The van der Waals surface area contributed by atoms with Crippen LogP contribution in [0.3, 0.4) is 0 Å². The molecule has 0 aliphatic heterocycles. The molecule has 0 aliphatic rings. The summed E-state index contributed by atoms with van der Waals surface area (Å²) in [7, 11) is 0. The summed E-state index contributed by atoms with van der Waals surface area (Å²) in [6, 6.07) is 14.6. The van der Waals surface area contributed by atoms with Crippen molar-refractivity contribution in [1.82, 2.24) is 15.0 Å². The van der Waals surface area contributed by atoms with Gasteiger partial charge in [-0.2, -0.15) is 0 Å². The molecule has 1 heterocycles. The number of fused-ring (bicyclic) bond motifs is 1. The highest BCUT2D eigenvalue weighted by Crippen LogP contribution is 2.15. The molecule has 7 nitrogen and oxygen atoms in total. The number of benzene rings is 2. The number of amides is 2. The summed E-state index contributed by atoms with van der Waals surface area (Å²) < 4.78 is 1.71. The largest absolute Gasteiger partial charge is 0.326 e. The summed E-state index contributed by atoms with van der Waals surface area (Å²) in [4.78, 5) is 23.2. The molecule has 0 bridgehead atoms. The fourth-order valence-corrected chi connectivity index (χ4v) is 2.39. The number of para-hydroxylation sites is 1. The molecule has 0 radical (unpaired) electrons. The van der Waals surface area contributed by atoms with Crippen LogP contribution in [0.2, 0.25) is 0 Å². The van der Waals surface area contributed by atoms with Gasteiger partial charge in [-0.3, -0.25) is 9.59 Å². The summed E-state index contributed by atoms with van der Waals surface area (Å²) in [5, 5.41) is 13.6. The Balaban J connectivity index is 1.61. The molecule has 2 amide bonds. The number of aryl methyl sites for hydroxylation is 1. The first-order chi connectivity index (χ1) is 11.6. The van der Waals surface area contributed by atoms with Crippen molar-refractivity contribution in [2.45, 2.75) is 19.9 Å². The van der Waals surface area contributed by atoms with Gasteiger partial charge < -0.3 is 10.6 Å². The average molecular weight is 323 g/mol. The lowest BCUT2D eigenvalue weighted by Crippen LogP contribution is -2.15. The van der Waals surface area contributed by atoms with Crippen LogP contribution in [0.15, 0.2) is 48.5 Å². The second kappa shape index (κ2) is 6.91. The van der Waals surface area contributed by atoms with Gasteiger partial charge in [-0.25, -0.2) is 4.68 Å². The Hall–Kier alpha value is -3.22. The van der Waals surface area contributed by atoms with Gasteiger partial charge in [-0.05, 0) is 30.3 Å². The van der Waals surface area contributed by atoms with Crippen LogP contribution in [0.25, 0.3) is 11.0 Å². The first-order valence-electron chi connectivity index (χ1n) is 7.57. The highest BCUT2D eigenvalue weighted by molar-refractivity contribution is 5.93. The molecule has 122 valence electrons. The van der Waals surface area contributed by atoms with E-state index < -0.39 is 0 Å². The standard InChI is InChI=1S/C17H17N5O2/c1-12(23)18-13-5-4-6-14(11-13)19-17(24)9-10-22-16-8-3-2-7-15(16)20-21-22/h2-8,11H,9-10H2,1H3,(H,18,23)(H,19,24). The van der Waals surface area contributed by atoms with E-state index in [2.05, 4.69) is 20.9 Å². The molecule has 2 aromatic carbocycles. The van der Waals surface area contributed by atoms with E-state index in [-0.39, 0.29) is 18.2 Å². The Morgan fingerprint density at radius 2 is 1.79 bits per heavy atom. The number of hydrogen-bond acceptors (Lipinski definition) is 4. The normalized spacial score (nSPS) is 10.5. The number of hydrogen-bond donors (Lipinski definition) is 2. The molecule has 0 spiro atoms. The van der Waals surface area contributed by atoms with Gasteiger partial charge in [0.25, 0.3) is 0 Å². The van der Waals surface area contributed by atoms with Crippen molar-refractivity contribution in [1.29, 1.82) is 0 Å². The highest BCUT2D eigenvalue weighted by Gasteiger charge is 2.07. The third-order valence-corrected chi connectivity index (χ3v) is 3.44. The van der Waals surface area contributed by atoms with Crippen LogP contribution in [-0.4, -0.2) is 26.8 Å². The highest BCUT2D eigenvalue weighted by atomic mass is 16.2. The average Bonchev–Trinajstić information content (AvgIpc) is 2.96. The molecule has 0 aliphatic carbocycles. The van der Waals surface area contributed by atoms with Gasteiger partial charge in [-0.1, -0.05) is 23.4 Å². The lowest BCUT2D eigenvalue weighted by Gasteiger charge is -2.08. The van der Waals surface area contributed by atoms with Crippen LogP contribution in [0.5, 0.6) is 0 Å². The molecule has 0 fully saturated rings. The zero-order chi connectivity index (χ0) is 16.9. The quantitative estimate of drug-likeness (QED) is 0.754. The number of nitrogens with zero attached hydrogens (tertiary/aromatic N) is 3.